The van der Waals surface area contributed by atoms with Crippen LogP contribution in [0.5, 0.6) is 0 Å². The molecule has 1 aromatic heterocycles. The first-order chi connectivity index (χ1) is 14.2. The van der Waals surface area contributed by atoms with E-state index in [4.69, 9.17) is 4.74 Å². The lowest BCUT2D eigenvalue weighted by Crippen LogP contribution is -2.27. The summed E-state index contributed by atoms with van der Waals surface area (Å²) in [6, 6.07) is 21.8. The van der Waals surface area contributed by atoms with Crippen LogP contribution in [0.4, 0.5) is 0 Å². The number of methoxy groups -OCH3 is 1. The average Bonchev–Trinajstić information content (AvgIpc) is 2.77. The van der Waals surface area contributed by atoms with E-state index in [1.165, 1.54) is 5.56 Å². The molecule has 5 nitrogen and oxygen atoms in total. The monoisotopic (exact) mass is 391 g/mol. The molecular formula is C24H29N3O2. The van der Waals surface area contributed by atoms with Gasteiger partial charge in [-0.3, -0.25) is 4.79 Å². The van der Waals surface area contributed by atoms with Gasteiger partial charge in [-0.05, 0) is 43.6 Å². The SMILES string of the molecule is CO[C@@H](CN(C)CCCCn1nccc(-c2ccccc2)c1=O)c1ccccc1. The highest BCUT2D eigenvalue weighted by atomic mass is 16.5. The van der Waals surface area contributed by atoms with Crippen LogP contribution in [0.15, 0.2) is 77.7 Å². The summed E-state index contributed by atoms with van der Waals surface area (Å²) in [6.45, 7) is 2.40. The lowest BCUT2D eigenvalue weighted by molar-refractivity contribution is 0.0710. The first kappa shape index (κ1) is 21.0. The van der Waals surface area contributed by atoms with Gasteiger partial charge >= 0.3 is 0 Å². The molecule has 0 spiro atoms. The van der Waals surface area contributed by atoms with E-state index in [9.17, 15) is 4.79 Å². The van der Waals surface area contributed by atoms with E-state index < -0.39 is 0 Å². The van der Waals surface area contributed by atoms with Crippen LogP contribution in [-0.4, -0.2) is 41.9 Å². The van der Waals surface area contributed by atoms with E-state index in [0.717, 1.165) is 31.5 Å². The van der Waals surface area contributed by atoms with Gasteiger partial charge < -0.3 is 9.64 Å². The number of hydrogen-bond donors (Lipinski definition) is 0. The largest absolute Gasteiger partial charge is 0.375 e. The molecule has 29 heavy (non-hydrogen) atoms. The molecule has 1 atom stereocenters. The number of unbranched alkanes of at least 4 members (excludes halogenated alkanes) is 1. The Morgan fingerprint density at radius 3 is 2.38 bits per heavy atom. The van der Waals surface area contributed by atoms with Crippen molar-refractivity contribution in [3.63, 3.8) is 0 Å². The summed E-state index contributed by atoms with van der Waals surface area (Å²) >= 11 is 0. The third-order valence-electron chi connectivity index (χ3n) is 5.09. The Hall–Kier alpha value is -2.76. The van der Waals surface area contributed by atoms with Crippen molar-refractivity contribution in [1.29, 1.82) is 0 Å². The Bertz CT molecular complexity index is 926. The predicted octanol–water partition coefficient (Wildman–Crippen LogP) is 4.01. The predicted molar refractivity (Wildman–Crippen MR) is 117 cm³/mol. The van der Waals surface area contributed by atoms with Gasteiger partial charge in [-0.25, -0.2) is 4.68 Å². The van der Waals surface area contributed by atoms with Crippen molar-refractivity contribution in [2.24, 2.45) is 0 Å². The minimum absolute atomic E-state index is 0.0319. The molecule has 3 aromatic rings. The van der Waals surface area contributed by atoms with E-state index >= 15 is 0 Å². The maximum absolute atomic E-state index is 12.7. The van der Waals surface area contributed by atoms with Crippen LogP contribution >= 0.6 is 0 Å². The Morgan fingerprint density at radius 2 is 1.69 bits per heavy atom. The van der Waals surface area contributed by atoms with E-state index in [1.54, 1.807) is 24.1 Å². The van der Waals surface area contributed by atoms with Crippen LogP contribution in [-0.2, 0) is 11.3 Å². The van der Waals surface area contributed by atoms with E-state index in [0.29, 0.717) is 12.1 Å². The van der Waals surface area contributed by atoms with Crippen molar-refractivity contribution in [2.45, 2.75) is 25.5 Å². The number of rotatable bonds is 10. The van der Waals surface area contributed by atoms with Crippen molar-refractivity contribution in [1.82, 2.24) is 14.7 Å². The molecule has 0 aliphatic heterocycles. The molecule has 0 fully saturated rings. The smallest absolute Gasteiger partial charge is 0.274 e. The van der Waals surface area contributed by atoms with Crippen molar-refractivity contribution in [3.8, 4) is 11.1 Å². The van der Waals surface area contributed by atoms with Gasteiger partial charge in [0, 0.05) is 26.4 Å². The Kier molecular flexibility index (Phi) is 7.73. The molecule has 0 amide bonds. The van der Waals surface area contributed by atoms with Crippen molar-refractivity contribution in [3.05, 3.63) is 88.8 Å². The van der Waals surface area contributed by atoms with Gasteiger partial charge in [0.05, 0.1) is 11.7 Å². The number of benzene rings is 2. The molecule has 1 heterocycles. The van der Waals surface area contributed by atoms with E-state index in [2.05, 4.69) is 29.2 Å². The summed E-state index contributed by atoms with van der Waals surface area (Å²) in [7, 11) is 3.86. The number of aromatic nitrogens is 2. The normalized spacial score (nSPS) is 12.2. The first-order valence-electron chi connectivity index (χ1n) is 10.1. The minimum Gasteiger partial charge on any atom is -0.375 e. The quantitative estimate of drug-likeness (QED) is 0.490. The van der Waals surface area contributed by atoms with Gasteiger partial charge in [-0.2, -0.15) is 5.10 Å². The topological polar surface area (TPSA) is 47.4 Å². The zero-order valence-corrected chi connectivity index (χ0v) is 17.2. The van der Waals surface area contributed by atoms with E-state index in [-0.39, 0.29) is 11.7 Å². The number of hydrogen-bond acceptors (Lipinski definition) is 4. The Balaban J connectivity index is 1.50. The summed E-state index contributed by atoms with van der Waals surface area (Å²) in [4.78, 5) is 15.0. The minimum atomic E-state index is -0.0319. The maximum atomic E-state index is 12.7. The molecule has 0 bridgehead atoms. The Morgan fingerprint density at radius 1 is 1.00 bits per heavy atom. The highest BCUT2D eigenvalue weighted by Crippen LogP contribution is 2.17. The van der Waals surface area contributed by atoms with Gasteiger partial charge in [0.25, 0.3) is 5.56 Å². The number of aryl methyl sites for hydroxylation is 1. The summed E-state index contributed by atoms with van der Waals surface area (Å²) in [5.74, 6) is 0. The zero-order chi connectivity index (χ0) is 20.5. The molecule has 5 heteroatoms. The number of likely N-dealkylation sites (N-methyl/N-ethyl adjacent to an activating group) is 1. The fourth-order valence-electron chi connectivity index (χ4n) is 3.45. The van der Waals surface area contributed by atoms with Gasteiger partial charge in [0.2, 0.25) is 0 Å². The molecular weight excluding hydrogens is 362 g/mol. The van der Waals surface area contributed by atoms with Gasteiger partial charge in [-0.1, -0.05) is 60.7 Å². The number of nitrogens with zero attached hydrogens (tertiary/aromatic N) is 3. The van der Waals surface area contributed by atoms with Crippen molar-refractivity contribution in [2.75, 3.05) is 27.2 Å². The van der Waals surface area contributed by atoms with Crippen LogP contribution in [0.1, 0.15) is 24.5 Å². The van der Waals surface area contributed by atoms with Gasteiger partial charge in [0.1, 0.15) is 0 Å². The molecule has 152 valence electrons. The molecule has 0 unspecified atom stereocenters. The molecule has 0 aliphatic rings. The third kappa shape index (κ3) is 5.86. The lowest BCUT2D eigenvalue weighted by atomic mass is 10.1. The third-order valence-corrected chi connectivity index (χ3v) is 5.09. The van der Waals surface area contributed by atoms with E-state index in [1.807, 2.05) is 48.5 Å². The molecule has 0 aliphatic carbocycles. The molecule has 0 saturated carbocycles. The second kappa shape index (κ2) is 10.7. The molecule has 3 rings (SSSR count). The van der Waals surface area contributed by atoms with Crippen LogP contribution in [0.2, 0.25) is 0 Å². The van der Waals surface area contributed by atoms with Gasteiger partial charge in [-0.15, -0.1) is 0 Å². The average molecular weight is 392 g/mol. The summed E-state index contributed by atoms with van der Waals surface area (Å²) < 4.78 is 7.23. The van der Waals surface area contributed by atoms with Crippen LogP contribution in [0, 0.1) is 0 Å². The first-order valence-corrected chi connectivity index (χ1v) is 10.1. The number of ether oxygens (including phenoxy) is 1. The molecule has 2 aromatic carbocycles. The molecule has 0 saturated heterocycles. The molecule has 0 N–H and O–H groups in total. The fraction of sp³-hybridized carbons (Fsp3) is 0.333. The standard InChI is InChI=1S/C24H29N3O2/c1-26(19-23(29-2)21-13-7-4-8-14-21)17-9-10-18-27-24(28)22(15-16-25-27)20-11-5-3-6-12-20/h3-8,11-16,23H,9-10,17-19H2,1-2H3/t23-/m0/s1. The van der Waals surface area contributed by atoms with Crippen LogP contribution in [0.3, 0.4) is 0 Å². The highest BCUT2D eigenvalue weighted by molar-refractivity contribution is 5.61. The summed E-state index contributed by atoms with van der Waals surface area (Å²) in [5, 5.41) is 4.25. The van der Waals surface area contributed by atoms with Crippen molar-refractivity contribution >= 4 is 0 Å². The highest BCUT2D eigenvalue weighted by Gasteiger charge is 2.13. The zero-order valence-electron chi connectivity index (χ0n) is 17.2. The Labute approximate surface area is 172 Å². The fourth-order valence-corrected chi connectivity index (χ4v) is 3.45. The van der Waals surface area contributed by atoms with Gasteiger partial charge in [0.15, 0.2) is 0 Å². The second-order valence-electron chi connectivity index (χ2n) is 7.24. The second-order valence-corrected chi connectivity index (χ2v) is 7.24. The maximum Gasteiger partial charge on any atom is 0.274 e. The van der Waals surface area contributed by atoms with Crippen LogP contribution < -0.4 is 5.56 Å². The summed E-state index contributed by atoms with van der Waals surface area (Å²) in [6.07, 6.45) is 3.66. The summed E-state index contributed by atoms with van der Waals surface area (Å²) in [5.41, 5.74) is 2.79. The van der Waals surface area contributed by atoms with Crippen LogP contribution in [0.25, 0.3) is 11.1 Å². The lowest BCUT2D eigenvalue weighted by Gasteiger charge is -2.23. The van der Waals surface area contributed by atoms with Crippen molar-refractivity contribution < 1.29 is 4.74 Å². The molecule has 0 radical (unpaired) electrons.